The first-order chi connectivity index (χ1) is 8.84. The second-order valence-corrected chi connectivity index (χ2v) is 7.06. The van der Waals surface area contributed by atoms with Crippen molar-refractivity contribution in [3.8, 4) is 0 Å². The maximum atomic E-state index is 12.3. The van der Waals surface area contributed by atoms with Crippen molar-refractivity contribution >= 4 is 21.8 Å². The Morgan fingerprint density at radius 1 is 1.32 bits per heavy atom. The van der Waals surface area contributed by atoms with Gasteiger partial charge < -0.3 is 5.32 Å². The predicted octanol–water partition coefficient (Wildman–Crippen LogP) is -1.34. The minimum Gasteiger partial charge on any atom is -0.317 e. The standard InChI is InChI=1S/C11H19N3O4S/c1-19(17,18)13-6-7-14-9(15)8-11(10(14)16)2-4-12-5-3-11/h12-13H,2-8H2,1H3. The van der Waals surface area contributed by atoms with Gasteiger partial charge in [-0.15, -0.1) is 0 Å². The van der Waals surface area contributed by atoms with Crippen LogP contribution in [0.25, 0.3) is 0 Å². The first-order valence-electron chi connectivity index (χ1n) is 6.34. The normalized spacial score (nSPS) is 23.3. The molecule has 2 saturated heterocycles. The van der Waals surface area contributed by atoms with E-state index in [1.165, 1.54) is 4.90 Å². The summed E-state index contributed by atoms with van der Waals surface area (Å²) in [4.78, 5) is 25.5. The first-order valence-corrected chi connectivity index (χ1v) is 8.23. The number of rotatable bonds is 4. The molecule has 0 bridgehead atoms. The molecule has 2 heterocycles. The maximum absolute atomic E-state index is 12.3. The van der Waals surface area contributed by atoms with Gasteiger partial charge in [-0.25, -0.2) is 13.1 Å². The summed E-state index contributed by atoms with van der Waals surface area (Å²) in [6.45, 7) is 1.67. The number of amides is 2. The van der Waals surface area contributed by atoms with Gasteiger partial charge in [0.05, 0.1) is 11.7 Å². The highest BCUT2D eigenvalue weighted by Crippen LogP contribution is 2.40. The molecule has 0 aromatic rings. The van der Waals surface area contributed by atoms with Crippen molar-refractivity contribution in [2.24, 2.45) is 5.41 Å². The molecule has 1 spiro atoms. The van der Waals surface area contributed by atoms with E-state index in [-0.39, 0.29) is 31.3 Å². The summed E-state index contributed by atoms with van der Waals surface area (Å²) in [7, 11) is -3.29. The van der Waals surface area contributed by atoms with Crippen LogP contribution in [0.2, 0.25) is 0 Å². The van der Waals surface area contributed by atoms with Gasteiger partial charge >= 0.3 is 0 Å². The van der Waals surface area contributed by atoms with Crippen LogP contribution in [0.5, 0.6) is 0 Å². The Bertz CT molecular complexity index is 482. The van der Waals surface area contributed by atoms with Crippen LogP contribution in [0.4, 0.5) is 0 Å². The van der Waals surface area contributed by atoms with E-state index in [1.54, 1.807) is 0 Å². The van der Waals surface area contributed by atoms with E-state index < -0.39 is 15.4 Å². The number of nitrogens with one attached hydrogen (secondary N) is 2. The zero-order valence-electron chi connectivity index (χ0n) is 10.9. The monoisotopic (exact) mass is 289 g/mol. The van der Waals surface area contributed by atoms with Gasteiger partial charge in [0.1, 0.15) is 0 Å². The van der Waals surface area contributed by atoms with Gasteiger partial charge in [0.25, 0.3) is 0 Å². The smallest absolute Gasteiger partial charge is 0.236 e. The molecule has 0 aliphatic carbocycles. The maximum Gasteiger partial charge on any atom is 0.236 e. The van der Waals surface area contributed by atoms with Crippen molar-refractivity contribution in [3.63, 3.8) is 0 Å². The lowest BCUT2D eigenvalue weighted by molar-refractivity contribution is -0.141. The minimum atomic E-state index is -3.29. The van der Waals surface area contributed by atoms with Crippen molar-refractivity contribution in [1.82, 2.24) is 14.9 Å². The Morgan fingerprint density at radius 3 is 2.53 bits per heavy atom. The van der Waals surface area contributed by atoms with Gasteiger partial charge in [0.15, 0.2) is 0 Å². The number of nitrogens with zero attached hydrogens (tertiary/aromatic N) is 1. The number of carbonyl (C=O) groups is 2. The molecule has 2 fully saturated rings. The lowest BCUT2D eigenvalue weighted by Crippen LogP contribution is -2.44. The largest absolute Gasteiger partial charge is 0.317 e. The Morgan fingerprint density at radius 2 is 1.95 bits per heavy atom. The summed E-state index contributed by atoms with van der Waals surface area (Å²) in [6.07, 6.45) is 2.66. The molecule has 2 aliphatic heterocycles. The summed E-state index contributed by atoms with van der Waals surface area (Å²) in [5.74, 6) is -0.337. The fourth-order valence-corrected chi connectivity index (χ4v) is 3.19. The van der Waals surface area contributed by atoms with Crippen LogP contribution in [0.1, 0.15) is 19.3 Å². The Labute approximate surface area is 112 Å². The number of likely N-dealkylation sites (tertiary alicyclic amines) is 1. The van der Waals surface area contributed by atoms with Crippen molar-refractivity contribution in [2.75, 3.05) is 32.4 Å². The van der Waals surface area contributed by atoms with Gasteiger partial charge in [-0.1, -0.05) is 0 Å². The van der Waals surface area contributed by atoms with Gasteiger partial charge in [0.2, 0.25) is 21.8 Å². The van der Waals surface area contributed by atoms with Crippen LogP contribution in [0.15, 0.2) is 0 Å². The summed E-state index contributed by atoms with van der Waals surface area (Å²) < 4.78 is 24.2. The molecule has 2 aliphatic rings. The second kappa shape index (κ2) is 5.18. The SMILES string of the molecule is CS(=O)(=O)NCCN1C(=O)CC2(CCNCC2)C1=O. The van der Waals surface area contributed by atoms with E-state index in [1.807, 2.05) is 0 Å². The van der Waals surface area contributed by atoms with Crippen LogP contribution in [0, 0.1) is 5.41 Å². The molecular weight excluding hydrogens is 270 g/mol. The van der Waals surface area contributed by atoms with Gasteiger partial charge in [0, 0.05) is 19.5 Å². The Balaban J connectivity index is 1.98. The zero-order valence-corrected chi connectivity index (χ0v) is 11.8. The number of hydrogen-bond donors (Lipinski definition) is 2. The zero-order chi connectivity index (χ0) is 14.1. The van der Waals surface area contributed by atoms with Gasteiger partial charge in [-0.3, -0.25) is 14.5 Å². The van der Waals surface area contributed by atoms with E-state index in [4.69, 9.17) is 0 Å². The van der Waals surface area contributed by atoms with E-state index in [2.05, 4.69) is 10.0 Å². The summed E-state index contributed by atoms with van der Waals surface area (Å²) >= 11 is 0. The average Bonchev–Trinajstić information content (AvgIpc) is 2.53. The third-order valence-corrected chi connectivity index (χ3v) is 4.48. The van der Waals surface area contributed by atoms with Crippen LogP contribution < -0.4 is 10.0 Å². The first kappa shape index (κ1) is 14.4. The number of carbonyl (C=O) groups excluding carboxylic acids is 2. The van der Waals surface area contributed by atoms with Crippen LogP contribution in [-0.4, -0.2) is 57.6 Å². The number of hydrogen-bond acceptors (Lipinski definition) is 5. The molecule has 0 saturated carbocycles. The molecule has 0 aromatic carbocycles. The third kappa shape index (κ3) is 3.13. The molecule has 19 heavy (non-hydrogen) atoms. The lowest BCUT2D eigenvalue weighted by atomic mass is 9.77. The van der Waals surface area contributed by atoms with Gasteiger partial charge in [-0.05, 0) is 25.9 Å². The number of piperidine rings is 1. The quantitative estimate of drug-likeness (QED) is 0.625. The van der Waals surface area contributed by atoms with Crippen LogP contribution in [-0.2, 0) is 19.6 Å². The highest BCUT2D eigenvalue weighted by molar-refractivity contribution is 7.88. The minimum absolute atomic E-state index is 0.0741. The van der Waals surface area contributed by atoms with Crippen molar-refractivity contribution in [2.45, 2.75) is 19.3 Å². The second-order valence-electron chi connectivity index (χ2n) is 5.22. The van der Waals surface area contributed by atoms with E-state index in [0.29, 0.717) is 12.8 Å². The van der Waals surface area contributed by atoms with Crippen LogP contribution in [0.3, 0.4) is 0 Å². The van der Waals surface area contributed by atoms with E-state index in [0.717, 1.165) is 19.3 Å². The molecule has 7 nitrogen and oxygen atoms in total. The molecule has 108 valence electrons. The predicted molar refractivity (Wildman–Crippen MR) is 68.7 cm³/mol. The molecule has 0 atom stereocenters. The Hall–Kier alpha value is -0.990. The molecular formula is C11H19N3O4S. The van der Waals surface area contributed by atoms with E-state index >= 15 is 0 Å². The van der Waals surface area contributed by atoms with Crippen molar-refractivity contribution in [1.29, 1.82) is 0 Å². The summed E-state index contributed by atoms with van der Waals surface area (Å²) in [5, 5.41) is 3.18. The Kier molecular flexibility index (Phi) is 3.93. The fourth-order valence-electron chi connectivity index (χ4n) is 2.73. The summed E-state index contributed by atoms with van der Waals surface area (Å²) in [6, 6.07) is 0. The third-order valence-electron chi connectivity index (χ3n) is 3.75. The highest BCUT2D eigenvalue weighted by Gasteiger charge is 2.51. The number of imide groups is 1. The molecule has 2 N–H and O–H groups in total. The fraction of sp³-hybridized carbons (Fsp3) is 0.818. The van der Waals surface area contributed by atoms with E-state index in [9.17, 15) is 18.0 Å². The molecule has 0 aromatic heterocycles. The van der Waals surface area contributed by atoms with Crippen LogP contribution >= 0.6 is 0 Å². The molecule has 2 rings (SSSR count). The topological polar surface area (TPSA) is 95.6 Å². The molecule has 2 amide bonds. The molecule has 0 radical (unpaired) electrons. The lowest BCUT2D eigenvalue weighted by Gasteiger charge is -2.31. The molecule has 8 heteroatoms. The average molecular weight is 289 g/mol. The highest BCUT2D eigenvalue weighted by atomic mass is 32.2. The van der Waals surface area contributed by atoms with Gasteiger partial charge in [-0.2, -0.15) is 0 Å². The number of sulfonamides is 1. The summed E-state index contributed by atoms with van der Waals surface area (Å²) in [5.41, 5.74) is -0.548. The van der Waals surface area contributed by atoms with Crippen molar-refractivity contribution < 1.29 is 18.0 Å². The molecule has 0 unspecified atom stereocenters. The van der Waals surface area contributed by atoms with Crippen molar-refractivity contribution in [3.05, 3.63) is 0 Å².